The van der Waals surface area contributed by atoms with Crippen LogP contribution in [0.5, 0.6) is 0 Å². The first kappa shape index (κ1) is 44.1. The highest BCUT2D eigenvalue weighted by Crippen LogP contribution is 2.40. The van der Waals surface area contributed by atoms with Gasteiger partial charge in [-0.1, -0.05) is 193 Å². The lowest BCUT2D eigenvalue weighted by Gasteiger charge is -2.12. The molecule has 4 aromatic heterocycles. The minimum Gasteiger partial charge on any atom is -0.456 e. The molecule has 4 heterocycles. The molecule has 0 aliphatic heterocycles. The largest absolute Gasteiger partial charge is 0.492 e. The Balaban J connectivity index is 0.000000117. The fourth-order valence-corrected chi connectivity index (χ4v) is 11.6. The molecule has 2 N–H and O–H groups in total. The first-order valence-corrected chi connectivity index (χ1v) is 25.1. The van der Waals surface area contributed by atoms with Crippen LogP contribution in [0, 0.1) is 0 Å². The summed E-state index contributed by atoms with van der Waals surface area (Å²) in [6, 6.07) is 74.8. The van der Waals surface area contributed by atoms with Gasteiger partial charge in [0.15, 0.2) is 0 Å². The maximum Gasteiger partial charge on any atom is 0.492 e. The van der Waals surface area contributed by atoms with Crippen LogP contribution in [0.2, 0.25) is 0 Å². The average Bonchev–Trinajstić information content (AvgIpc) is 4.14. The molecule has 0 bridgehead atoms. The number of aromatic nitrogens is 2. The Kier molecular flexibility index (Phi) is 11.5. The smallest absolute Gasteiger partial charge is 0.456 e. The van der Waals surface area contributed by atoms with E-state index >= 15 is 0 Å². The lowest BCUT2D eigenvalue weighted by atomic mass is 9.79. The van der Waals surface area contributed by atoms with Gasteiger partial charge in [-0.15, -0.1) is 0 Å². The molecule has 6 nitrogen and oxygen atoms in total. The fraction of sp³-hybridized carbons (Fsp3) is 0. The van der Waals surface area contributed by atoms with Gasteiger partial charge in [0.2, 0.25) is 0 Å². The summed E-state index contributed by atoms with van der Waals surface area (Å²) >= 11 is 10.9. The van der Waals surface area contributed by atoms with Crippen LogP contribution < -0.4 is 5.46 Å². The van der Waals surface area contributed by atoms with Crippen molar-refractivity contribution >= 4 is 148 Å². The minimum atomic E-state index is -1.51. The van der Waals surface area contributed by atoms with Gasteiger partial charge >= 0.3 is 7.12 Å². The zero-order valence-corrected chi connectivity index (χ0v) is 41.9. The number of fused-ring (bicyclic) bond motifs is 12. The molecule has 336 valence electrons. The van der Waals surface area contributed by atoms with Crippen LogP contribution in [0.4, 0.5) is 0 Å². The van der Waals surface area contributed by atoms with Crippen LogP contribution in [-0.4, -0.2) is 26.3 Å². The van der Waals surface area contributed by atoms with Crippen molar-refractivity contribution in [3.8, 4) is 22.5 Å². The van der Waals surface area contributed by atoms with Crippen molar-refractivity contribution in [2.24, 2.45) is 0 Å². The van der Waals surface area contributed by atoms with E-state index in [1.54, 1.807) is 12.1 Å². The molecule has 70 heavy (non-hydrogen) atoms. The monoisotopic (exact) mass is 1100 g/mol. The molecule has 10 heteroatoms. The van der Waals surface area contributed by atoms with E-state index in [1.807, 2.05) is 42.5 Å². The number of nitrogens with zero attached hydrogens (tertiary/aromatic N) is 2. The van der Waals surface area contributed by atoms with E-state index in [1.165, 1.54) is 43.6 Å². The van der Waals surface area contributed by atoms with E-state index in [0.29, 0.717) is 11.0 Å². The molecule has 10 aromatic carbocycles. The number of rotatable bonds is 4. The van der Waals surface area contributed by atoms with Gasteiger partial charge < -0.3 is 28.0 Å². The SMILES string of the molecule is Brc1cc(-c2cccc3c2oc2ccccc23)cc(-n2c3ccccc3c3ccccc32)c1.Brc1cc(Br)cc(-n2c3ccccc3c3ccccc32)c1.OB(O)c1cccc2c1oc1ccccc12. The van der Waals surface area contributed by atoms with E-state index in [0.717, 1.165) is 74.2 Å². The van der Waals surface area contributed by atoms with E-state index in [2.05, 4.69) is 221 Å². The van der Waals surface area contributed by atoms with E-state index < -0.39 is 7.12 Å². The van der Waals surface area contributed by atoms with Crippen molar-refractivity contribution in [2.75, 3.05) is 0 Å². The fourth-order valence-electron chi connectivity index (χ4n) is 9.88. The maximum atomic E-state index is 9.24. The number of benzene rings is 10. The third kappa shape index (κ3) is 7.82. The number of furan rings is 2. The highest BCUT2D eigenvalue weighted by molar-refractivity contribution is 9.11. The third-order valence-corrected chi connectivity index (χ3v) is 14.2. The topological polar surface area (TPSA) is 76.6 Å². The van der Waals surface area contributed by atoms with E-state index in [4.69, 9.17) is 8.83 Å². The highest BCUT2D eigenvalue weighted by Gasteiger charge is 2.20. The van der Waals surface area contributed by atoms with Crippen LogP contribution in [0.25, 0.3) is 110 Å². The Morgan fingerprint density at radius 1 is 0.343 bits per heavy atom. The molecular weight excluding hydrogens is 1060 g/mol. The van der Waals surface area contributed by atoms with Gasteiger partial charge in [0.25, 0.3) is 0 Å². The van der Waals surface area contributed by atoms with Crippen molar-refractivity contribution in [3.05, 3.63) is 232 Å². The second-order valence-electron chi connectivity index (χ2n) is 17.0. The first-order chi connectivity index (χ1) is 34.3. The van der Waals surface area contributed by atoms with Crippen molar-refractivity contribution < 1.29 is 18.9 Å². The molecule has 0 fully saturated rings. The van der Waals surface area contributed by atoms with Gasteiger partial charge in [-0.25, -0.2) is 0 Å². The Morgan fingerprint density at radius 2 is 0.714 bits per heavy atom. The maximum absolute atomic E-state index is 9.24. The normalized spacial score (nSPS) is 11.5. The lowest BCUT2D eigenvalue weighted by Crippen LogP contribution is -2.29. The van der Waals surface area contributed by atoms with Crippen LogP contribution >= 0.6 is 47.8 Å². The molecule has 0 amide bonds. The van der Waals surface area contributed by atoms with Gasteiger partial charge in [0.1, 0.15) is 22.3 Å². The van der Waals surface area contributed by atoms with Gasteiger partial charge in [-0.2, -0.15) is 0 Å². The molecule has 0 saturated heterocycles. The number of hydrogen-bond donors (Lipinski definition) is 2. The van der Waals surface area contributed by atoms with Gasteiger partial charge in [0.05, 0.1) is 22.1 Å². The summed E-state index contributed by atoms with van der Waals surface area (Å²) in [5, 5.41) is 27.7. The summed E-state index contributed by atoms with van der Waals surface area (Å²) < 4.78 is 19.8. The molecule has 0 spiro atoms. The summed E-state index contributed by atoms with van der Waals surface area (Å²) in [5.74, 6) is 0. The Morgan fingerprint density at radius 3 is 1.20 bits per heavy atom. The molecule has 14 aromatic rings. The zero-order chi connectivity index (χ0) is 47.5. The third-order valence-electron chi connectivity index (χ3n) is 12.8. The standard InChI is InChI=1S/C30H18BrNO.C18H11Br2N.C12H9BO3/c31-20-16-19(22-11-7-12-26-25-10-3-6-15-29(25)33-30(22)26)17-21(18-20)32-27-13-4-1-8-23(27)24-9-2-5-14-28(24)32;19-12-9-13(20)11-14(10-12)21-17-7-3-1-5-15(17)16-6-2-4-8-18(16)21;14-13(15)10-6-3-5-9-8-4-1-2-7-11(8)16-12(9)10/h1-18H;1-11H;1-7,14-15H. The van der Waals surface area contributed by atoms with Crippen LogP contribution in [0.1, 0.15) is 0 Å². The molecule has 0 aliphatic rings. The number of para-hydroxylation sites is 8. The number of halogens is 3. The Labute approximate surface area is 427 Å². The first-order valence-electron chi connectivity index (χ1n) is 22.7. The van der Waals surface area contributed by atoms with Gasteiger partial charge in [0, 0.05) is 78.9 Å². The summed E-state index contributed by atoms with van der Waals surface area (Å²) in [7, 11) is -1.51. The number of hydrogen-bond acceptors (Lipinski definition) is 4. The van der Waals surface area contributed by atoms with Gasteiger partial charge in [-0.05, 0) is 78.4 Å². The average molecular weight is 1100 g/mol. The molecule has 0 radical (unpaired) electrons. The molecular formula is C60H38BBr3N2O4. The summed E-state index contributed by atoms with van der Waals surface area (Å²) in [4.78, 5) is 0. The van der Waals surface area contributed by atoms with E-state index in [9.17, 15) is 10.0 Å². The Hall–Kier alpha value is -7.18. The van der Waals surface area contributed by atoms with Crippen LogP contribution in [-0.2, 0) is 0 Å². The van der Waals surface area contributed by atoms with Gasteiger partial charge in [-0.3, -0.25) is 0 Å². The van der Waals surface area contributed by atoms with Crippen molar-refractivity contribution in [1.29, 1.82) is 0 Å². The van der Waals surface area contributed by atoms with Crippen LogP contribution in [0.15, 0.2) is 241 Å². The highest BCUT2D eigenvalue weighted by atomic mass is 79.9. The van der Waals surface area contributed by atoms with Crippen LogP contribution in [0.3, 0.4) is 0 Å². The second-order valence-corrected chi connectivity index (χ2v) is 19.8. The van der Waals surface area contributed by atoms with Crippen molar-refractivity contribution in [1.82, 2.24) is 9.13 Å². The quantitative estimate of drug-likeness (QED) is 0.172. The van der Waals surface area contributed by atoms with E-state index in [-0.39, 0.29) is 0 Å². The zero-order valence-electron chi connectivity index (χ0n) is 37.1. The summed E-state index contributed by atoms with van der Waals surface area (Å²) in [6.07, 6.45) is 0. The molecule has 0 atom stereocenters. The predicted octanol–water partition coefficient (Wildman–Crippen LogP) is 16.7. The summed E-state index contributed by atoms with van der Waals surface area (Å²) in [5.41, 5.74) is 12.8. The molecule has 0 aliphatic carbocycles. The molecule has 14 rings (SSSR count). The lowest BCUT2D eigenvalue weighted by molar-refractivity contribution is 0.425. The van der Waals surface area contributed by atoms with Crippen molar-refractivity contribution in [2.45, 2.75) is 0 Å². The Bertz CT molecular complexity index is 4170. The second kappa shape index (κ2) is 18.3. The molecule has 0 unspecified atom stereocenters. The minimum absolute atomic E-state index is 0.397. The predicted molar refractivity (Wildman–Crippen MR) is 301 cm³/mol. The summed E-state index contributed by atoms with van der Waals surface area (Å²) in [6.45, 7) is 0. The molecule has 0 saturated carbocycles. The van der Waals surface area contributed by atoms with Crippen molar-refractivity contribution in [3.63, 3.8) is 0 Å².